The third-order valence-electron chi connectivity index (χ3n) is 3.01. The number of hydrazine groups is 1. The summed E-state index contributed by atoms with van der Waals surface area (Å²) >= 11 is 0. The summed E-state index contributed by atoms with van der Waals surface area (Å²) < 4.78 is 9.45. The number of aliphatic hydroxyl groups excluding tert-OH is 1. The standard InChI is InChI=1S/C14H18N2O2.C4H4O4/c1-16(15)9-13(17)10-18-14-7-6-11-4-2-3-5-12(11)8-14;5-3-8-2-1-4(6)7/h2-8,13,17H,9-10,15H2,1H3;1-3H,(H,6,7)/b;2-1+. The molecule has 0 spiro atoms. The number of aliphatic carboxylic acids is 1. The zero-order valence-corrected chi connectivity index (χ0v) is 14.3. The molecule has 1 atom stereocenters. The first-order valence-electron chi connectivity index (χ1n) is 7.66. The minimum absolute atomic E-state index is 0.138. The zero-order valence-electron chi connectivity index (χ0n) is 14.3. The number of hydrogen-bond donors (Lipinski definition) is 3. The number of aliphatic hydroxyl groups is 1. The Bertz CT molecular complexity index is 732. The van der Waals surface area contributed by atoms with E-state index in [1.54, 1.807) is 7.05 Å². The number of carboxylic acid groups (broad SMARTS) is 1. The van der Waals surface area contributed by atoms with Crippen molar-refractivity contribution in [2.45, 2.75) is 6.10 Å². The molecule has 0 aliphatic rings. The van der Waals surface area contributed by atoms with Crippen LogP contribution < -0.4 is 10.6 Å². The highest BCUT2D eigenvalue weighted by atomic mass is 16.5. The number of benzene rings is 2. The maximum absolute atomic E-state index is 9.65. The van der Waals surface area contributed by atoms with Crippen LogP contribution >= 0.6 is 0 Å². The van der Waals surface area contributed by atoms with E-state index in [0.29, 0.717) is 12.6 Å². The first-order chi connectivity index (χ1) is 12.4. The van der Waals surface area contributed by atoms with Crippen LogP contribution in [0.15, 0.2) is 54.8 Å². The van der Waals surface area contributed by atoms with Gasteiger partial charge in [0.15, 0.2) is 0 Å². The van der Waals surface area contributed by atoms with Crippen molar-refractivity contribution < 1.29 is 29.3 Å². The van der Waals surface area contributed by atoms with Crippen molar-refractivity contribution in [3.63, 3.8) is 0 Å². The van der Waals surface area contributed by atoms with Crippen LogP contribution in [-0.4, -0.2) is 54.0 Å². The van der Waals surface area contributed by atoms with Crippen LogP contribution in [0.25, 0.3) is 10.8 Å². The molecule has 0 saturated carbocycles. The Balaban J connectivity index is 0.000000359. The van der Waals surface area contributed by atoms with E-state index in [1.165, 1.54) is 10.4 Å². The molecular weight excluding hydrogens is 340 g/mol. The number of ether oxygens (including phenoxy) is 2. The third-order valence-corrected chi connectivity index (χ3v) is 3.01. The van der Waals surface area contributed by atoms with E-state index in [0.717, 1.165) is 17.4 Å². The van der Waals surface area contributed by atoms with Crippen molar-refractivity contribution in [3.05, 3.63) is 54.8 Å². The molecule has 8 heteroatoms. The van der Waals surface area contributed by atoms with Crippen LogP contribution in [0.3, 0.4) is 0 Å². The van der Waals surface area contributed by atoms with Crippen LogP contribution in [0.5, 0.6) is 5.75 Å². The molecule has 2 rings (SSSR count). The lowest BCUT2D eigenvalue weighted by Gasteiger charge is -2.16. The summed E-state index contributed by atoms with van der Waals surface area (Å²) in [5.74, 6) is 5.06. The first kappa shape index (κ1) is 21.1. The third kappa shape index (κ3) is 8.78. The van der Waals surface area contributed by atoms with E-state index in [1.807, 2.05) is 36.4 Å². The minimum Gasteiger partial charge on any atom is -0.491 e. The summed E-state index contributed by atoms with van der Waals surface area (Å²) in [6.45, 7) is 0.757. The molecule has 0 bridgehead atoms. The topological polar surface area (TPSA) is 122 Å². The molecule has 2 aromatic rings. The Morgan fingerprint density at radius 2 is 1.96 bits per heavy atom. The number of likely N-dealkylation sites (N-methyl/N-ethyl adjacent to an activating group) is 1. The molecule has 0 aromatic heterocycles. The predicted octanol–water partition coefficient (Wildman–Crippen LogP) is 1.14. The van der Waals surface area contributed by atoms with Gasteiger partial charge in [-0.1, -0.05) is 30.3 Å². The van der Waals surface area contributed by atoms with Gasteiger partial charge in [0.05, 0.1) is 6.08 Å². The summed E-state index contributed by atoms with van der Waals surface area (Å²) in [6, 6.07) is 14.0. The monoisotopic (exact) mass is 362 g/mol. The van der Waals surface area contributed by atoms with Crippen molar-refractivity contribution in [1.82, 2.24) is 5.01 Å². The van der Waals surface area contributed by atoms with E-state index in [4.69, 9.17) is 15.7 Å². The SMILES string of the molecule is CN(N)CC(O)COc1ccc2ccccc2c1.O=CO/C=C/C(=O)O. The highest BCUT2D eigenvalue weighted by molar-refractivity contribution is 5.83. The second kappa shape index (κ2) is 11.6. The summed E-state index contributed by atoms with van der Waals surface area (Å²) in [5, 5.41) is 21.2. The fourth-order valence-electron chi connectivity index (χ4n) is 1.96. The Labute approximate surface area is 151 Å². The molecule has 0 saturated heterocycles. The Hall–Kier alpha value is -2.94. The lowest BCUT2D eigenvalue weighted by atomic mass is 10.1. The smallest absolute Gasteiger partial charge is 0.331 e. The number of nitrogens with zero attached hydrogens (tertiary/aromatic N) is 1. The maximum Gasteiger partial charge on any atom is 0.331 e. The summed E-state index contributed by atoms with van der Waals surface area (Å²) in [7, 11) is 1.71. The van der Waals surface area contributed by atoms with Gasteiger partial charge in [0.2, 0.25) is 0 Å². The fraction of sp³-hybridized carbons (Fsp3) is 0.222. The molecule has 140 valence electrons. The van der Waals surface area contributed by atoms with Gasteiger partial charge in [0, 0.05) is 13.6 Å². The van der Waals surface area contributed by atoms with Gasteiger partial charge in [0.25, 0.3) is 6.47 Å². The Kier molecular flexibility index (Phi) is 9.40. The van der Waals surface area contributed by atoms with Gasteiger partial charge in [-0.2, -0.15) is 0 Å². The number of rotatable bonds is 8. The lowest BCUT2D eigenvalue weighted by Crippen LogP contribution is -2.37. The van der Waals surface area contributed by atoms with Gasteiger partial charge in [-0.3, -0.25) is 10.6 Å². The van der Waals surface area contributed by atoms with Gasteiger partial charge in [-0.05, 0) is 22.9 Å². The highest BCUT2D eigenvalue weighted by Gasteiger charge is 2.07. The number of carbonyl (C=O) groups is 2. The maximum atomic E-state index is 9.65. The van der Waals surface area contributed by atoms with Crippen molar-refractivity contribution >= 4 is 23.2 Å². The fourth-order valence-corrected chi connectivity index (χ4v) is 1.96. The normalized spacial score (nSPS) is 11.7. The molecule has 0 radical (unpaired) electrons. The van der Waals surface area contributed by atoms with Crippen molar-refractivity contribution in [1.29, 1.82) is 0 Å². The van der Waals surface area contributed by atoms with Gasteiger partial charge < -0.3 is 19.7 Å². The van der Waals surface area contributed by atoms with E-state index in [2.05, 4.69) is 10.8 Å². The number of carboxylic acids is 1. The molecular formula is C18H22N2O6. The minimum atomic E-state index is -1.15. The van der Waals surface area contributed by atoms with Gasteiger partial charge in [-0.25, -0.2) is 9.80 Å². The van der Waals surface area contributed by atoms with E-state index < -0.39 is 12.1 Å². The first-order valence-corrected chi connectivity index (χ1v) is 7.66. The molecule has 0 aliphatic heterocycles. The van der Waals surface area contributed by atoms with Crippen LogP contribution in [0.1, 0.15) is 0 Å². The summed E-state index contributed by atoms with van der Waals surface area (Å²) in [4.78, 5) is 18.9. The quantitative estimate of drug-likeness (QED) is 0.210. The Morgan fingerprint density at radius 1 is 1.27 bits per heavy atom. The lowest BCUT2D eigenvalue weighted by molar-refractivity contribution is -0.131. The van der Waals surface area contributed by atoms with Crippen LogP contribution in [-0.2, 0) is 14.3 Å². The molecule has 0 amide bonds. The number of fused-ring (bicyclic) bond motifs is 1. The molecule has 8 nitrogen and oxygen atoms in total. The van der Waals surface area contributed by atoms with E-state index in [9.17, 15) is 14.7 Å². The number of carbonyl (C=O) groups excluding carboxylic acids is 1. The molecule has 4 N–H and O–H groups in total. The number of nitrogens with two attached hydrogens (primary N) is 1. The van der Waals surface area contributed by atoms with Gasteiger partial charge in [-0.15, -0.1) is 0 Å². The average molecular weight is 362 g/mol. The van der Waals surface area contributed by atoms with Crippen molar-refractivity contribution in [2.75, 3.05) is 20.2 Å². The summed E-state index contributed by atoms with van der Waals surface area (Å²) in [5.41, 5.74) is 0. The van der Waals surface area contributed by atoms with E-state index in [-0.39, 0.29) is 13.1 Å². The van der Waals surface area contributed by atoms with Crippen molar-refractivity contribution in [3.8, 4) is 5.75 Å². The molecule has 1 unspecified atom stereocenters. The Morgan fingerprint density at radius 3 is 2.58 bits per heavy atom. The van der Waals surface area contributed by atoms with Crippen LogP contribution in [0.2, 0.25) is 0 Å². The molecule has 2 aromatic carbocycles. The van der Waals surface area contributed by atoms with Crippen molar-refractivity contribution in [2.24, 2.45) is 5.84 Å². The highest BCUT2D eigenvalue weighted by Crippen LogP contribution is 2.20. The summed E-state index contributed by atoms with van der Waals surface area (Å²) in [6.07, 6.45) is 0.912. The van der Waals surface area contributed by atoms with Gasteiger partial charge in [0.1, 0.15) is 24.7 Å². The molecule has 0 aliphatic carbocycles. The zero-order chi connectivity index (χ0) is 19.4. The second-order valence-corrected chi connectivity index (χ2v) is 5.29. The van der Waals surface area contributed by atoms with Crippen LogP contribution in [0, 0.1) is 0 Å². The van der Waals surface area contributed by atoms with Crippen LogP contribution in [0.4, 0.5) is 0 Å². The largest absolute Gasteiger partial charge is 0.491 e. The van der Waals surface area contributed by atoms with Gasteiger partial charge >= 0.3 is 5.97 Å². The molecule has 0 fully saturated rings. The number of hydrogen-bond acceptors (Lipinski definition) is 7. The molecule has 26 heavy (non-hydrogen) atoms. The second-order valence-electron chi connectivity index (χ2n) is 5.29. The average Bonchev–Trinajstić information content (AvgIpc) is 2.60. The predicted molar refractivity (Wildman–Crippen MR) is 96.2 cm³/mol. The van der Waals surface area contributed by atoms with E-state index >= 15 is 0 Å². The molecule has 0 heterocycles.